The van der Waals surface area contributed by atoms with E-state index in [2.05, 4.69) is 17.0 Å². The van der Waals surface area contributed by atoms with Gasteiger partial charge >= 0.3 is 0 Å². The lowest BCUT2D eigenvalue weighted by Gasteiger charge is -2.32. The van der Waals surface area contributed by atoms with E-state index in [4.69, 9.17) is 14.3 Å². The molecule has 24 heavy (non-hydrogen) atoms. The van der Waals surface area contributed by atoms with Crippen LogP contribution in [-0.2, 0) is 4.84 Å². The third kappa shape index (κ3) is 4.63. The van der Waals surface area contributed by atoms with Crippen molar-refractivity contribution < 1.29 is 14.3 Å². The highest BCUT2D eigenvalue weighted by atomic mass is 16.6. The Morgan fingerprint density at radius 2 is 1.88 bits per heavy atom. The van der Waals surface area contributed by atoms with Crippen LogP contribution in [0.2, 0.25) is 0 Å². The number of benzene rings is 1. The summed E-state index contributed by atoms with van der Waals surface area (Å²) in [7, 11) is 1.68. The molecule has 0 spiro atoms. The summed E-state index contributed by atoms with van der Waals surface area (Å²) in [6.45, 7) is 6.18. The highest BCUT2D eigenvalue weighted by Crippen LogP contribution is 2.22. The molecule has 1 fully saturated rings. The highest BCUT2D eigenvalue weighted by molar-refractivity contribution is 5.85. The van der Waals surface area contributed by atoms with Gasteiger partial charge in [-0.1, -0.05) is 12.1 Å². The van der Waals surface area contributed by atoms with Gasteiger partial charge in [0.1, 0.15) is 17.6 Å². The summed E-state index contributed by atoms with van der Waals surface area (Å²) >= 11 is 0. The zero-order chi connectivity index (χ0) is 16.8. The van der Waals surface area contributed by atoms with Crippen LogP contribution in [0, 0.1) is 5.92 Å². The molecule has 5 nitrogen and oxygen atoms in total. The average molecular weight is 332 g/mol. The molecule has 3 rings (SSSR count). The number of rotatable bonds is 7. The van der Waals surface area contributed by atoms with Crippen LogP contribution in [0.15, 0.2) is 29.4 Å². The van der Waals surface area contributed by atoms with Gasteiger partial charge in [0, 0.05) is 13.0 Å². The van der Waals surface area contributed by atoms with Gasteiger partial charge in [-0.05, 0) is 62.5 Å². The van der Waals surface area contributed by atoms with Crippen LogP contribution in [0.4, 0.5) is 0 Å². The molecule has 0 saturated carbocycles. The van der Waals surface area contributed by atoms with Gasteiger partial charge < -0.3 is 14.3 Å². The van der Waals surface area contributed by atoms with Gasteiger partial charge in [-0.2, -0.15) is 0 Å². The summed E-state index contributed by atoms with van der Waals surface area (Å²) < 4.78 is 11.1. The first-order valence-corrected chi connectivity index (χ1v) is 8.97. The van der Waals surface area contributed by atoms with Crippen LogP contribution in [0.1, 0.15) is 32.6 Å². The van der Waals surface area contributed by atoms with E-state index < -0.39 is 0 Å². The van der Waals surface area contributed by atoms with Gasteiger partial charge in [-0.3, -0.25) is 4.90 Å². The zero-order valence-electron chi connectivity index (χ0n) is 14.7. The van der Waals surface area contributed by atoms with E-state index in [0.717, 1.165) is 50.6 Å². The highest BCUT2D eigenvalue weighted by Gasteiger charge is 2.26. The molecule has 0 amide bonds. The molecule has 1 atom stereocenters. The molecule has 1 unspecified atom stereocenters. The Balaban J connectivity index is 1.34. The minimum absolute atomic E-state index is 0.257. The van der Waals surface area contributed by atoms with E-state index in [9.17, 15) is 0 Å². The fraction of sp³-hybridized carbons (Fsp3) is 0.632. The van der Waals surface area contributed by atoms with Crippen LogP contribution in [0.5, 0.6) is 11.5 Å². The Labute approximate surface area is 144 Å². The molecule has 0 N–H and O–H groups in total. The van der Waals surface area contributed by atoms with Crippen molar-refractivity contribution in [3.05, 3.63) is 24.3 Å². The maximum atomic E-state index is 5.93. The summed E-state index contributed by atoms with van der Waals surface area (Å²) in [5, 5.41) is 4.15. The summed E-state index contributed by atoms with van der Waals surface area (Å²) in [5.74, 6) is 2.41. The van der Waals surface area contributed by atoms with Crippen LogP contribution in [-0.4, -0.2) is 50.1 Å². The number of hydrogen-bond donors (Lipinski definition) is 0. The number of hydrogen-bond acceptors (Lipinski definition) is 5. The fourth-order valence-electron chi connectivity index (χ4n) is 3.30. The van der Waals surface area contributed by atoms with Crippen molar-refractivity contribution in [1.82, 2.24) is 4.90 Å². The van der Waals surface area contributed by atoms with Gasteiger partial charge in [0.25, 0.3) is 0 Å². The molecule has 0 bridgehead atoms. The van der Waals surface area contributed by atoms with E-state index in [1.807, 2.05) is 24.3 Å². The van der Waals surface area contributed by atoms with Gasteiger partial charge in [0.15, 0.2) is 0 Å². The predicted molar refractivity (Wildman–Crippen MR) is 94.9 cm³/mol. The van der Waals surface area contributed by atoms with Crippen molar-refractivity contribution >= 4 is 5.71 Å². The molecule has 0 aromatic heterocycles. The van der Waals surface area contributed by atoms with Crippen molar-refractivity contribution in [2.75, 3.05) is 33.4 Å². The SMILES string of the molecule is CCC1=NOC(CN2CCC(COc3ccc(OC)cc3)CC2)C1. The lowest BCUT2D eigenvalue weighted by atomic mass is 9.97. The fourth-order valence-corrected chi connectivity index (χ4v) is 3.30. The summed E-state index contributed by atoms with van der Waals surface area (Å²) in [5.41, 5.74) is 1.20. The van der Waals surface area contributed by atoms with Crippen LogP contribution in [0.3, 0.4) is 0 Å². The normalized spacial score (nSPS) is 22.1. The molecule has 2 aliphatic rings. The number of ether oxygens (including phenoxy) is 2. The summed E-state index contributed by atoms with van der Waals surface area (Å²) in [6, 6.07) is 7.81. The van der Waals surface area contributed by atoms with E-state index in [-0.39, 0.29) is 6.10 Å². The van der Waals surface area contributed by atoms with Crippen LogP contribution >= 0.6 is 0 Å². The molecular formula is C19H28N2O3. The molecule has 0 radical (unpaired) electrons. The lowest BCUT2D eigenvalue weighted by molar-refractivity contribution is 0.0384. The first-order chi connectivity index (χ1) is 11.8. The molecule has 2 heterocycles. The summed E-state index contributed by atoms with van der Waals surface area (Å²) in [6.07, 6.45) is 4.62. The van der Waals surface area contributed by atoms with E-state index >= 15 is 0 Å². The zero-order valence-corrected chi connectivity index (χ0v) is 14.7. The van der Waals surface area contributed by atoms with Gasteiger partial charge in [-0.25, -0.2) is 0 Å². The Morgan fingerprint density at radius 1 is 1.17 bits per heavy atom. The van der Waals surface area contributed by atoms with Crippen molar-refractivity contribution in [3.8, 4) is 11.5 Å². The monoisotopic (exact) mass is 332 g/mol. The van der Waals surface area contributed by atoms with Crippen molar-refractivity contribution in [2.24, 2.45) is 11.1 Å². The minimum atomic E-state index is 0.257. The second kappa shape index (κ2) is 8.38. The largest absolute Gasteiger partial charge is 0.497 e. The first-order valence-electron chi connectivity index (χ1n) is 8.97. The summed E-state index contributed by atoms with van der Waals surface area (Å²) in [4.78, 5) is 8.02. The second-order valence-electron chi connectivity index (χ2n) is 6.67. The van der Waals surface area contributed by atoms with Crippen molar-refractivity contribution in [1.29, 1.82) is 0 Å². The third-order valence-electron chi connectivity index (χ3n) is 4.92. The lowest BCUT2D eigenvalue weighted by Crippen LogP contribution is -2.40. The molecule has 0 aliphatic carbocycles. The Morgan fingerprint density at radius 3 is 2.50 bits per heavy atom. The molecule has 2 aliphatic heterocycles. The minimum Gasteiger partial charge on any atom is -0.497 e. The molecule has 132 valence electrons. The average Bonchev–Trinajstić information content (AvgIpc) is 3.09. The number of methoxy groups -OCH3 is 1. The molecule has 1 aromatic carbocycles. The van der Waals surface area contributed by atoms with Crippen LogP contribution < -0.4 is 9.47 Å². The van der Waals surface area contributed by atoms with Gasteiger partial charge in [0.2, 0.25) is 0 Å². The first kappa shape index (κ1) is 17.1. The van der Waals surface area contributed by atoms with Crippen molar-refractivity contribution in [2.45, 2.75) is 38.7 Å². The predicted octanol–water partition coefficient (Wildman–Crippen LogP) is 3.34. The quantitative estimate of drug-likeness (QED) is 0.768. The van der Waals surface area contributed by atoms with Crippen molar-refractivity contribution in [3.63, 3.8) is 0 Å². The molecule has 1 aromatic rings. The molecular weight excluding hydrogens is 304 g/mol. The second-order valence-corrected chi connectivity index (χ2v) is 6.67. The third-order valence-corrected chi connectivity index (χ3v) is 4.92. The Bertz CT molecular complexity index is 536. The smallest absolute Gasteiger partial charge is 0.145 e. The number of piperidine rings is 1. The number of oxime groups is 1. The molecule has 1 saturated heterocycles. The number of likely N-dealkylation sites (tertiary alicyclic amines) is 1. The maximum Gasteiger partial charge on any atom is 0.145 e. The molecule has 5 heteroatoms. The maximum absolute atomic E-state index is 5.93. The van der Waals surface area contributed by atoms with Gasteiger partial charge in [0.05, 0.1) is 19.4 Å². The topological polar surface area (TPSA) is 43.3 Å². The Hall–Kier alpha value is -1.75. The standard InChI is InChI=1S/C19H28N2O3/c1-3-16-12-19(24-20-16)13-21-10-8-15(9-11-21)14-23-18-6-4-17(22-2)5-7-18/h4-7,15,19H,3,8-14H2,1-2H3. The van der Waals surface area contributed by atoms with Gasteiger partial charge in [-0.15, -0.1) is 0 Å². The number of nitrogens with zero attached hydrogens (tertiary/aromatic N) is 2. The van der Waals surface area contributed by atoms with E-state index in [1.54, 1.807) is 7.11 Å². The van der Waals surface area contributed by atoms with E-state index in [1.165, 1.54) is 18.6 Å². The van der Waals surface area contributed by atoms with Crippen LogP contribution in [0.25, 0.3) is 0 Å². The van der Waals surface area contributed by atoms with E-state index in [0.29, 0.717) is 5.92 Å². The Kier molecular flexibility index (Phi) is 5.96.